The van der Waals surface area contributed by atoms with Crippen molar-refractivity contribution in [1.29, 1.82) is 0 Å². The van der Waals surface area contributed by atoms with Gasteiger partial charge in [-0.05, 0) is 36.2 Å². The number of aromatic nitrogens is 2. The summed E-state index contributed by atoms with van der Waals surface area (Å²) in [5.74, 6) is 0.781. The third kappa shape index (κ3) is 2.97. The molecule has 0 saturated heterocycles. The van der Waals surface area contributed by atoms with Crippen LogP contribution in [0.5, 0.6) is 5.75 Å². The molecule has 1 unspecified atom stereocenters. The maximum atomic E-state index is 6.11. The van der Waals surface area contributed by atoms with Crippen LogP contribution in [-0.2, 0) is 6.42 Å². The van der Waals surface area contributed by atoms with E-state index in [0.717, 1.165) is 17.0 Å². The van der Waals surface area contributed by atoms with Gasteiger partial charge in [0.2, 0.25) is 0 Å². The molecular formula is C13H14ClN3O. The summed E-state index contributed by atoms with van der Waals surface area (Å²) in [7, 11) is 1.63. The van der Waals surface area contributed by atoms with Gasteiger partial charge < -0.3 is 10.5 Å². The van der Waals surface area contributed by atoms with Gasteiger partial charge in [0.25, 0.3) is 0 Å². The SMILES string of the molecule is COc1ccc(Cl)cc1CC(N)c1ccncn1. The van der Waals surface area contributed by atoms with Crippen molar-refractivity contribution in [3.8, 4) is 5.75 Å². The second-order valence-corrected chi connectivity index (χ2v) is 4.34. The Morgan fingerprint density at radius 2 is 2.22 bits per heavy atom. The minimum Gasteiger partial charge on any atom is -0.496 e. The second-order valence-electron chi connectivity index (χ2n) is 3.90. The van der Waals surface area contributed by atoms with Crippen LogP contribution < -0.4 is 10.5 Å². The molecule has 0 radical (unpaired) electrons. The molecule has 0 fully saturated rings. The van der Waals surface area contributed by atoms with Crippen LogP contribution in [0.2, 0.25) is 5.02 Å². The van der Waals surface area contributed by atoms with Gasteiger partial charge in [0.1, 0.15) is 12.1 Å². The second kappa shape index (κ2) is 5.80. The fraction of sp³-hybridized carbons (Fsp3) is 0.231. The Morgan fingerprint density at radius 1 is 1.39 bits per heavy atom. The summed E-state index contributed by atoms with van der Waals surface area (Å²) in [6.45, 7) is 0. The van der Waals surface area contributed by atoms with Crippen LogP contribution in [0.25, 0.3) is 0 Å². The molecule has 1 aromatic carbocycles. The average Bonchev–Trinajstić information content (AvgIpc) is 2.40. The smallest absolute Gasteiger partial charge is 0.122 e. The first kappa shape index (κ1) is 12.8. The lowest BCUT2D eigenvalue weighted by Crippen LogP contribution is -2.15. The molecule has 2 N–H and O–H groups in total. The van der Waals surface area contributed by atoms with E-state index in [9.17, 15) is 0 Å². The number of hydrogen-bond donors (Lipinski definition) is 1. The number of benzene rings is 1. The highest BCUT2D eigenvalue weighted by Gasteiger charge is 2.12. The summed E-state index contributed by atoms with van der Waals surface area (Å²) in [4.78, 5) is 8.01. The highest BCUT2D eigenvalue weighted by Crippen LogP contribution is 2.26. The zero-order valence-corrected chi connectivity index (χ0v) is 10.8. The summed E-state index contributed by atoms with van der Waals surface area (Å²) in [6, 6.07) is 7.09. The van der Waals surface area contributed by atoms with Crippen LogP contribution in [0.15, 0.2) is 36.8 Å². The normalized spacial score (nSPS) is 12.2. The number of hydrogen-bond acceptors (Lipinski definition) is 4. The topological polar surface area (TPSA) is 61.0 Å². The van der Waals surface area contributed by atoms with Crippen molar-refractivity contribution in [2.24, 2.45) is 5.73 Å². The summed E-state index contributed by atoms with van der Waals surface area (Å²) in [5.41, 5.74) is 7.88. The fourth-order valence-corrected chi connectivity index (χ4v) is 1.96. The van der Waals surface area contributed by atoms with Crippen molar-refractivity contribution in [1.82, 2.24) is 9.97 Å². The molecule has 0 bridgehead atoms. The predicted molar refractivity (Wildman–Crippen MR) is 70.7 cm³/mol. The Labute approximate surface area is 111 Å². The highest BCUT2D eigenvalue weighted by molar-refractivity contribution is 6.30. The number of halogens is 1. The summed E-state index contributed by atoms with van der Waals surface area (Å²) < 4.78 is 5.29. The van der Waals surface area contributed by atoms with Crippen LogP contribution in [0.4, 0.5) is 0 Å². The summed E-state index contributed by atoms with van der Waals surface area (Å²) in [5, 5.41) is 0.667. The predicted octanol–water partition coefficient (Wildman–Crippen LogP) is 2.38. The van der Waals surface area contributed by atoms with Crippen LogP contribution in [0, 0.1) is 0 Å². The Balaban J connectivity index is 2.21. The molecule has 18 heavy (non-hydrogen) atoms. The molecule has 1 atom stereocenters. The molecule has 94 valence electrons. The first-order valence-electron chi connectivity index (χ1n) is 5.54. The molecule has 4 nitrogen and oxygen atoms in total. The van der Waals surface area contributed by atoms with Crippen molar-refractivity contribution in [3.05, 3.63) is 53.1 Å². The van der Waals surface area contributed by atoms with Gasteiger partial charge in [0, 0.05) is 11.2 Å². The van der Waals surface area contributed by atoms with Crippen molar-refractivity contribution in [2.75, 3.05) is 7.11 Å². The van der Waals surface area contributed by atoms with E-state index in [4.69, 9.17) is 22.1 Å². The number of rotatable bonds is 4. The van der Waals surface area contributed by atoms with Crippen molar-refractivity contribution in [3.63, 3.8) is 0 Å². The minimum atomic E-state index is -0.208. The number of ether oxygens (including phenoxy) is 1. The Bertz CT molecular complexity index is 519. The van der Waals surface area contributed by atoms with E-state index in [1.165, 1.54) is 6.33 Å². The van der Waals surface area contributed by atoms with Gasteiger partial charge in [0.15, 0.2) is 0 Å². The zero-order valence-electron chi connectivity index (χ0n) is 10.0. The Kier molecular flexibility index (Phi) is 4.12. The van der Waals surface area contributed by atoms with E-state index in [2.05, 4.69) is 9.97 Å². The first-order valence-corrected chi connectivity index (χ1v) is 5.92. The number of nitrogens with zero attached hydrogens (tertiary/aromatic N) is 2. The lowest BCUT2D eigenvalue weighted by atomic mass is 10.0. The van der Waals surface area contributed by atoms with E-state index < -0.39 is 0 Å². The van der Waals surface area contributed by atoms with Gasteiger partial charge >= 0.3 is 0 Å². The third-order valence-corrected chi connectivity index (χ3v) is 2.90. The molecule has 1 heterocycles. The standard InChI is InChI=1S/C13H14ClN3O/c1-18-13-3-2-10(14)6-9(13)7-11(15)12-4-5-16-8-17-12/h2-6,8,11H,7,15H2,1H3. The first-order chi connectivity index (χ1) is 8.70. The molecule has 2 aromatic rings. The maximum absolute atomic E-state index is 6.11. The Hall–Kier alpha value is -1.65. The van der Waals surface area contributed by atoms with E-state index in [1.54, 1.807) is 19.4 Å². The summed E-state index contributed by atoms with van der Waals surface area (Å²) in [6.07, 6.45) is 3.78. The maximum Gasteiger partial charge on any atom is 0.122 e. The molecule has 0 aliphatic rings. The molecule has 0 saturated carbocycles. The van der Waals surface area contributed by atoms with Crippen molar-refractivity contribution >= 4 is 11.6 Å². The molecule has 0 amide bonds. The van der Waals surface area contributed by atoms with Gasteiger partial charge in [-0.3, -0.25) is 0 Å². The van der Waals surface area contributed by atoms with Gasteiger partial charge in [-0.2, -0.15) is 0 Å². The van der Waals surface area contributed by atoms with Crippen LogP contribution in [0.1, 0.15) is 17.3 Å². The van der Waals surface area contributed by atoms with Crippen molar-refractivity contribution < 1.29 is 4.74 Å². The molecule has 5 heteroatoms. The van der Waals surface area contributed by atoms with E-state index in [0.29, 0.717) is 11.4 Å². The van der Waals surface area contributed by atoms with Gasteiger partial charge in [-0.15, -0.1) is 0 Å². The fourth-order valence-electron chi connectivity index (χ4n) is 1.77. The third-order valence-electron chi connectivity index (χ3n) is 2.67. The number of methoxy groups -OCH3 is 1. The molecule has 1 aromatic heterocycles. The molecule has 0 aliphatic carbocycles. The zero-order chi connectivity index (χ0) is 13.0. The molecule has 0 spiro atoms. The van der Waals surface area contributed by atoms with Crippen molar-refractivity contribution in [2.45, 2.75) is 12.5 Å². The largest absolute Gasteiger partial charge is 0.496 e. The van der Waals surface area contributed by atoms with E-state index >= 15 is 0 Å². The minimum absolute atomic E-state index is 0.208. The quantitative estimate of drug-likeness (QED) is 0.920. The highest BCUT2D eigenvalue weighted by atomic mass is 35.5. The molecular weight excluding hydrogens is 250 g/mol. The van der Waals surface area contributed by atoms with Gasteiger partial charge in [-0.25, -0.2) is 9.97 Å². The lowest BCUT2D eigenvalue weighted by Gasteiger charge is -2.14. The number of nitrogens with two attached hydrogens (primary N) is 1. The van der Waals surface area contributed by atoms with Gasteiger partial charge in [-0.1, -0.05) is 11.6 Å². The van der Waals surface area contributed by atoms with E-state index in [1.807, 2.05) is 18.2 Å². The van der Waals surface area contributed by atoms with E-state index in [-0.39, 0.29) is 6.04 Å². The van der Waals surface area contributed by atoms with Gasteiger partial charge in [0.05, 0.1) is 18.8 Å². The van der Waals surface area contributed by atoms with Crippen LogP contribution >= 0.6 is 11.6 Å². The summed E-state index contributed by atoms with van der Waals surface area (Å²) >= 11 is 5.98. The van der Waals surface area contributed by atoms with Crippen LogP contribution in [-0.4, -0.2) is 17.1 Å². The lowest BCUT2D eigenvalue weighted by molar-refractivity contribution is 0.408. The average molecular weight is 264 g/mol. The molecule has 2 rings (SSSR count). The molecule has 0 aliphatic heterocycles. The van der Waals surface area contributed by atoms with Crippen LogP contribution in [0.3, 0.4) is 0 Å². The monoisotopic (exact) mass is 263 g/mol. The Morgan fingerprint density at radius 3 is 2.89 bits per heavy atom.